The molecule has 0 aliphatic rings. The van der Waals surface area contributed by atoms with E-state index in [2.05, 4.69) is 25.8 Å². The van der Waals surface area contributed by atoms with Crippen molar-refractivity contribution >= 4 is 11.7 Å². The average Bonchev–Trinajstić information content (AvgIpc) is 2.76. The molecule has 0 saturated carbocycles. The van der Waals surface area contributed by atoms with Gasteiger partial charge in [0.15, 0.2) is 17.2 Å². The molecule has 0 saturated heterocycles. The van der Waals surface area contributed by atoms with Crippen molar-refractivity contribution in [2.75, 3.05) is 19.5 Å². The summed E-state index contributed by atoms with van der Waals surface area (Å²) >= 11 is 0. The summed E-state index contributed by atoms with van der Waals surface area (Å²) in [6, 6.07) is 14.5. The minimum Gasteiger partial charge on any atom is -0.493 e. The zero-order valence-corrected chi connectivity index (χ0v) is 15.7. The molecule has 0 aliphatic carbocycles. The number of nitrogens with zero attached hydrogens (tertiary/aromatic N) is 3. The molecule has 0 radical (unpaired) electrons. The van der Waals surface area contributed by atoms with Gasteiger partial charge in [0.2, 0.25) is 0 Å². The minimum absolute atomic E-state index is 0.243. The molecule has 2 heterocycles. The summed E-state index contributed by atoms with van der Waals surface area (Å²) < 4.78 is 10.5. The number of hydrogen-bond acceptors (Lipinski definition) is 7. The lowest BCUT2D eigenvalue weighted by Gasteiger charge is -2.10. The smallest absolute Gasteiger partial charge is 0.272 e. The van der Waals surface area contributed by atoms with Crippen LogP contribution in [0.2, 0.25) is 0 Å². The van der Waals surface area contributed by atoms with Crippen molar-refractivity contribution in [2.24, 2.45) is 0 Å². The number of methoxy groups -OCH3 is 2. The van der Waals surface area contributed by atoms with Gasteiger partial charge in [-0.3, -0.25) is 9.78 Å². The Balaban J connectivity index is 1.55. The molecule has 1 amide bonds. The van der Waals surface area contributed by atoms with Crippen LogP contribution < -0.4 is 20.1 Å². The lowest BCUT2D eigenvalue weighted by Crippen LogP contribution is -2.24. The SMILES string of the molecule is COc1ccc(CNc2ccc(C(=O)NCc3ccccn3)nn2)cc1OC. The van der Waals surface area contributed by atoms with Gasteiger partial charge in [0, 0.05) is 12.7 Å². The van der Waals surface area contributed by atoms with Crippen LogP contribution in [0.5, 0.6) is 11.5 Å². The topological polar surface area (TPSA) is 98.3 Å². The molecular formula is C20H21N5O3. The number of aromatic nitrogens is 3. The van der Waals surface area contributed by atoms with Crippen molar-refractivity contribution in [2.45, 2.75) is 13.1 Å². The summed E-state index contributed by atoms with van der Waals surface area (Å²) in [6.07, 6.45) is 1.68. The normalized spacial score (nSPS) is 10.2. The molecule has 3 aromatic rings. The maximum atomic E-state index is 12.2. The van der Waals surface area contributed by atoms with E-state index in [1.807, 2.05) is 36.4 Å². The second kappa shape index (κ2) is 9.31. The van der Waals surface area contributed by atoms with Crippen LogP contribution in [0.15, 0.2) is 54.7 Å². The summed E-state index contributed by atoms with van der Waals surface area (Å²) in [5.41, 5.74) is 2.02. The van der Waals surface area contributed by atoms with E-state index in [1.165, 1.54) is 0 Å². The number of nitrogens with one attached hydrogen (secondary N) is 2. The van der Waals surface area contributed by atoms with Crippen molar-refractivity contribution in [1.82, 2.24) is 20.5 Å². The third-order valence-electron chi connectivity index (χ3n) is 3.97. The Kier molecular flexibility index (Phi) is 6.35. The largest absolute Gasteiger partial charge is 0.493 e. The number of rotatable bonds is 8. The van der Waals surface area contributed by atoms with E-state index < -0.39 is 0 Å². The van der Waals surface area contributed by atoms with Crippen LogP contribution in [0, 0.1) is 0 Å². The highest BCUT2D eigenvalue weighted by atomic mass is 16.5. The van der Waals surface area contributed by atoms with E-state index >= 15 is 0 Å². The van der Waals surface area contributed by atoms with Gasteiger partial charge in [0.25, 0.3) is 5.91 Å². The second-order valence-electron chi connectivity index (χ2n) is 5.85. The Labute approximate surface area is 162 Å². The van der Waals surface area contributed by atoms with Crippen molar-refractivity contribution in [3.8, 4) is 11.5 Å². The molecular weight excluding hydrogens is 358 g/mol. The monoisotopic (exact) mass is 379 g/mol. The van der Waals surface area contributed by atoms with E-state index in [-0.39, 0.29) is 11.6 Å². The van der Waals surface area contributed by atoms with Gasteiger partial charge in [-0.25, -0.2) is 0 Å². The molecule has 8 nitrogen and oxygen atoms in total. The summed E-state index contributed by atoms with van der Waals surface area (Å²) in [7, 11) is 3.19. The average molecular weight is 379 g/mol. The van der Waals surface area contributed by atoms with Crippen LogP contribution in [0.25, 0.3) is 0 Å². The van der Waals surface area contributed by atoms with Crippen LogP contribution in [0.4, 0.5) is 5.82 Å². The first-order valence-corrected chi connectivity index (χ1v) is 8.66. The van der Waals surface area contributed by atoms with Gasteiger partial charge in [-0.1, -0.05) is 12.1 Å². The van der Waals surface area contributed by atoms with E-state index in [1.54, 1.807) is 32.5 Å². The van der Waals surface area contributed by atoms with Crippen molar-refractivity contribution in [3.05, 3.63) is 71.7 Å². The molecule has 2 aromatic heterocycles. The highest BCUT2D eigenvalue weighted by Crippen LogP contribution is 2.27. The third-order valence-corrected chi connectivity index (χ3v) is 3.97. The van der Waals surface area contributed by atoms with Gasteiger partial charge >= 0.3 is 0 Å². The number of carbonyl (C=O) groups is 1. The van der Waals surface area contributed by atoms with Gasteiger partial charge in [-0.05, 0) is 42.0 Å². The Hall–Kier alpha value is -3.68. The van der Waals surface area contributed by atoms with Gasteiger partial charge in [-0.2, -0.15) is 0 Å². The zero-order valence-electron chi connectivity index (χ0n) is 15.7. The van der Waals surface area contributed by atoms with E-state index in [0.717, 1.165) is 11.3 Å². The Morgan fingerprint density at radius 1 is 0.964 bits per heavy atom. The Morgan fingerprint density at radius 3 is 2.50 bits per heavy atom. The molecule has 0 unspecified atom stereocenters. The van der Waals surface area contributed by atoms with Gasteiger partial charge in [-0.15, -0.1) is 10.2 Å². The lowest BCUT2D eigenvalue weighted by atomic mass is 10.2. The maximum absolute atomic E-state index is 12.2. The first kappa shape index (κ1) is 19.1. The molecule has 0 bridgehead atoms. The van der Waals surface area contributed by atoms with Gasteiger partial charge in [0.05, 0.1) is 26.5 Å². The molecule has 0 spiro atoms. The molecule has 2 N–H and O–H groups in total. The summed E-state index contributed by atoms with van der Waals surface area (Å²) in [4.78, 5) is 16.3. The Morgan fingerprint density at radius 2 is 1.82 bits per heavy atom. The number of pyridine rings is 1. The lowest BCUT2D eigenvalue weighted by molar-refractivity contribution is 0.0944. The van der Waals surface area contributed by atoms with E-state index in [9.17, 15) is 4.79 Å². The highest BCUT2D eigenvalue weighted by Gasteiger charge is 2.09. The maximum Gasteiger partial charge on any atom is 0.272 e. The van der Waals surface area contributed by atoms with Crippen LogP contribution >= 0.6 is 0 Å². The summed E-state index contributed by atoms with van der Waals surface area (Å²) in [6.45, 7) is 0.862. The van der Waals surface area contributed by atoms with Crippen LogP contribution in [0.3, 0.4) is 0 Å². The van der Waals surface area contributed by atoms with Crippen LogP contribution in [-0.2, 0) is 13.1 Å². The fourth-order valence-corrected chi connectivity index (χ4v) is 2.49. The van der Waals surface area contributed by atoms with Gasteiger partial charge in [0.1, 0.15) is 5.82 Å². The fourth-order valence-electron chi connectivity index (χ4n) is 2.49. The van der Waals surface area contributed by atoms with Crippen molar-refractivity contribution in [1.29, 1.82) is 0 Å². The molecule has 0 atom stereocenters. The number of anilines is 1. The van der Waals surface area contributed by atoms with Crippen LogP contribution in [0.1, 0.15) is 21.7 Å². The molecule has 144 valence electrons. The second-order valence-corrected chi connectivity index (χ2v) is 5.85. The summed E-state index contributed by atoms with van der Waals surface area (Å²) in [5, 5.41) is 14.0. The molecule has 0 fully saturated rings. The first-order chi connectivity index (χ1) is 13.7. The van der Waals surface area contributed by atoms with E-state index in [4.69, 9.17) is 9.47 Å². The van der Waals surface area contributed by atoms with Crippen molar-refractivity contribution in [3.63, 3.8) is 0 Å². The zero-order chi connectivity index (χ0) is 19.8. The molecule has 3 rings (SSSR count). The predicted octanol–water partition coefficient (Wildman–Crippen LogP) is 2.43. The number of hydrogen-bond donors (Lipinski definition) is 2. The number of benzene rings is 1. The van der Waals surface area contributed by atoms with Crippen molar-refractivity contribution < 1.29 is 14.3 Å². The number of ether oxygens (including phenoxy) is 2. The molecule has 0 aliphatic heterocycles. The number of carbonyl (C=O) groups excluding carboxylic acids is 1. The summed E-state index contributed by atoms with van der Waals surface area (Å²) in [5.74, 6) is 1.60. The fraction of sp³-hybridized carbons (Fsp3) is 0.200. The minimum atomic E-state index is -0.301. The van der Waals surface area contributed by atoms with E-state index in [0.29, 0.717) is 30.4 Å². The first-order valence-electron chi connectivity index (χ1n) is 8.66. The molecule has 8 heteroatoms. The molecule has 1 aromatic carbocycles. The molecule has 28 heavy (non-hydrogen) atoms. The van der Waals surface area contributed by atoms with Gasteiger partial charge < -0.3 is 20.1 Å². The predicted molar refractivity (Wildman–Crippen MR) is 104 cm³/mol. The number of amides is 1. The Bertz CT molecular complexity index is 917. The van der Waals surface area contributed by atoms with Crippen LogP contribution in [-0.4, -0.2) is 35.3 Å². The highest BCUT2D eigenvalue weighted by molar-refractivity contribution is 5.92. The standard InChI is InChI=1S/C20H21N5O3/c1-27-17-8-6-14(11-18(17)28-2)12-22-19-9-7-16(24-25-19)20(26)23-13-15-5-3-4-10-21-15/h3-11H,12-13H2,1-2H3,(H,22,25)(H,23,26). The third kappa shape index (κ3) is 4.94. The quantitative estimate of drug-likeness (QED) is 0.620.